The number of carbonyl (C=O) groups excluding carboxylic acids is 1. The molecule has 0 bridgehead atoms. The molecule has 2 fully saturated rings. The van der Waals surface area contributed by atoms with E-state index in [2.05, 4.69) is 0 Å². The largest absolute Gasteiger partial charge is 0.479 e. The van der Waals surface area contributed by atoms with Gasteiger partial charge >= 0.3 is 12.0 Å². The summed E-state index contributed by atoms with van der Waals surface area (Å²) >= 11 is 0. The van der Waals surface area contributed by atoms with Crippen LogP contribution in [-0.2, 0) is 4.79 Å². The van der Waals surface area contributed by atoms with Gasteiger partial charge in [-0.1, -0.05) is 13.3 Å². The molecule has 1 aliphatic heterocycles. The van der Waals surface area contributed by atoms with Gasteiger partial charge in [-0.3, -0.25) is 0 Å². The Morgan fingerprint density at radius 2 is 2.10 bits per heavy atom. The predicted octanol–water partition coefficient (Wildman–Crippen LogP) is 1.28. The third-order valence-electron chi connectivity index (χ3n) is 4.36. The SMILES string of the molecule is CCCC1(C(=O)O)CCCN1C(=O)N(CCO)C1CC1. The first kappa shape index (κ1) is 15.1. The molecule has 6 heteroatoms. The summed E-state index contributed by atoms with van der Waals surface area (Å²) in [7, 11) is 0. The Morgan fingerprint density at radius 3 is 2.60 bits per heavy atom. The van der Waals surface area contributed by atoms with Crippen LogP contribution in [0.3, 0.4) is 0 Å². The summed E-state index contributed by atoms with van der Waals surface area (Å²) < 4.78 is 0. The lowest BCUT2D eigenvalue weighted by atomic mass is 9.91. The van der Waals surface area contributed by atoms with E-state index in [1.54, 1.807) is 4.90 Å². The molecule has 114 valence electrons. The second kappa shape index (κ2) is 5.99. The number of aliphatic hydroxyl groups is 1. The van der Waals surface area contributed by atoms with Crippen molar-refractivity contribution >= 4 is 12.0 Å². The Balaban J connectivity index is 2.19. The maximum atomic E-state index is 12.7. The highest BCUT2D eigenvalue weighted by atomic mass is 16.4. The Hall–Kier alpha value is -1.30. The smallest absolute Gasteiger partial charge is 0.329 e. The molecular weight excluding hydrogens is 260 g/mol. The zero-order valence-corrected chi connectivity index (χ0v) is 12.0. The zero-order chi connectivity index (χ0) is 14.8. The Labute approximate surface area is 119 Å². The number of amides is 2. The topological polar surface area (TPSA) is 81.1 Å². The van der Waals surface area contributed by atoms with Gasteiger partial charge in [-0.15, -0.1) is 0 Å². The highest BCUT2D eigenvalue weighted by Gasteiger charge is 2.51. The van der Waals surface area contributed by atoms with Crippen molar-refractivity contribution in [2.45, 2.75) is 57.0 Å². The lowest BCUT2D eigenvalue weighted by Crippen LogP contribution is -2.57. The van der Waals surface area contributed by atoms with Crippen molar-refractivity contribution < 1.29 is 19.8 Å². The number of rotatable bonds is 6. The standard InChI is InChI=1S/C14H24N2O4/c1-2-6-14(12(18)19)7-3-8-16(14)13(20)15(9-10-17)11-4-5-11/h11,17H,2-10H2,1H3,(H,18,19). The van der Waals surface area contributed by atoms with Gasteiger partial charge in [-0.2, -0.15) is 0 Å². The van der Waals surface area contributed by atoms with Crippen LogP contribution in [0.25, 0.3) is 0 Å². The van der Waals surface area contributed by atoms with Crippen molar-refractivity contribution in [3.63, 3.8) is 0 Å². The molecular formula is C14H24N2O4. The summed E-state index contributed by atoms with van der Waals surface area (Å²) in [6.45, 7) is 2.66. The quantitative estimate of drug-likeness (QED) is 0.770. The number of carbonyl (C=O) groups is 2. The van der Waals surface area contributed by atoms with Gasteiger partial charge in [-0.25, -0.2) is 9.59 Å². The summed E-state index contributed by atoms with van der Waals surface area (Å²) in [6.07, 6.45) is 4.39. The fourth-order valence-corrected chi connectivity index (χ4v) is 3.24. The molecule has 20 heavy (non-hydrogen) atoms. The maximum Gasteiger partial charge on any atom is 0.329 e. The molecule has 2 aliphatic rings. The minimum absolute atomic E-state index is 0.0794. The van der Waals surface area contributed by atoms with E-state index in [9.17, 15) is 14.7 Å². The fourth-order valence-electron chi connectivity index (χ4n) is 3.24. The molecule has 1 saturated carbocycles. The first-order chi connectivity index (χ1) is 9.56. The maximum absolute atomic E-state index is 12.7. The van der Waals surface area contributed by atoms with E-state index < -0.39 is 11.5 Å². The van der Waals surface area contributed by atoms with E-state index in [-0.39, 0.29) is 18.7 Å². The summed E-state index contributed by atoms with van der Waals surface area (Å²) in [5.74, 6) is -0.898. The molecule has 6 nitrogen and oxygen atoms in total. The van der Waals surface area contributed by atoms with Crippen molar-refractivity contribution in [1.82, 2.24) is 9.80 Å². The molecule has 0 aromatic carbocycles. The van der Waals surface area contributed by atoms with E-state index >= 15 is 0 Å². The number of aliphatic carboxylic acids is 1. The van der Waals surface area contributed by atoms with E-state index in [0.717, 1.165) is 25.7 Å². The molecule has 2 amide bonds. The second-order valence-electron chi connectivity index (χ2n) is 5.77. The fraction of sp³-hybridized carbons (Fsp3) is 0.857. The van der Waals surface area contributed by atoms with Crippen molar-refractivity contribution in [1.29, 1.82) is 0 Å². The number of carboxylic acid groups (broad SMARTS) is 1. The van der Waals surface area contributed by atoms with Crippen LogP contribution in [0, 0.1) is 0 Å². The van der Waals surface area contributed by atoms with E-state index in [0.29, 0.717) is 25.9 Å². The molecule has 2 rings (SSSR count). The van der Waals surface area contributed by atoms with Gasteiger partial charge in [0.25, 0.3) is 0 Å². The summed E-state index contributed by atoms with van der Waals surface area (Å²) in [4.78, 5) is 27.6. The van der Waals surface area contributed by atoms with Crippen LogP contribution in [0.1, 0.15) is 45.4 Å². The lowest BCUT2D eigenvalue weighted by molar-refractivity contribution is -0.149. The average molecular weight is 284 g/mol. The van der Waals surface area contributed by atoms with Gasteiger partial charge in [0, 0.05) is 19.1 Å². The van der Waals surface area contributed by atoms with Gasteiger partial charge in [0.2, 0.25) is 0 Å². The molecule has 0 aromatic heterocycles. The van der Waals surface area contributed by atoms with E-state index in [1.807, 2.05) is 6.92 Å². The molecule has 0 aromatic rings. The Morgan fingerprint density at radius 1 is 1.40 bits per heavy atom. The molecule has 2 N–H and O–H groups in total. The van der Waals surface area contributed by atoms with Gasteiger partial charge < -0.3 is 20.0 Å². The molecule has 1 heterocycles. The molecule has 0 spiro atoms. The van der Waals surface area contributed by atoms with Crippen molar-refractivity contribution in [3.8, 4) is 0 Å². The summed E-state index contributed by atoms with van der Waals surface area (Å²) in [5.41, 5.74) is -1.05. The van der Waals surface area contributed by atoms with Crippen molar-refractivity contribution in [3.05, 3.63) is 0 Å². The number of nitrogens with zero attached hydrogens (tertiary/aromatic N) is 2. The highest BCUT2D eigenvalue weighted by molar-refractivity contribution is 5.87. The van der Waals surface area contributed by atoms with Gasteiger partial charge in [-0.05, 0) is 32.1 Å². The number of carboxylic acids is 1. The number of hydrogen-bond donors (Lipinski definition) is 2. The second-order valence-corrected chi connectivity index (χ2v) is 5.77. The van der Waals surface area contributed by atoms with Crippen molar-refractivity contribution in [2.75, 3.05) is 19.7 Å². The van der Waals surface area contributed by atoms with Crippen LogP contribution in [0.5, 0.6) is 0 Å². The summed E-state index contributed by atoms with van der Waals surface area (Å²) in [5, 5.41) is 18.7. The van der Waals surface area contributed by atoms with Gasteiger partial charge in [0.1, 0.15) is 5.54 Å². The van der Waals surface area contributed by atoms with Crippen LogP contribution < -0.4 is 0 Å². The summed E-state index contributed by atoms with van der Waals surface area (Å²) in [6, 6.07) is -0.0294. The Bertz CT molecular complexity index is 383. The zero-order valence-electron chi connectivity index (χ0n) is 12.0. The highest BCUT2D eigenvalue weighted by Crippen LogP contribution is 2.37. The average Bonchev–Trinajstić information content (AvgIpc) is 3.16. The Kier molecular flexibility index (Phi) is 4.52. The number of aliphatic hydroxyl groups excluding tert-OH is 1. The normalized spacial score (nSPS) is 25.8. The lowest BCUT2D eigenvalue weighted by Gasteiger charge is -2.38. The van der Waals surface area contributed by atoms with Crippen LogP contribution in [0.4, 0.5) is 4.79 Å². The number of urea groups is 1. The minimum atomic E-state index is -1.05. The third kappa shape index (κ3) is 2.61. The molecule has 0 radical (unpaired) electrons. The van der Waals surface area contributed by atoms with Gasteiger partial charge in [0.05, 0.1) is 6.61 Å². The number of hydrogen-bond acceptors (Lipinski definition) is 3. The monoisotopic (exact) mass is 284 g/mol. The number of likely N-dealkylation sites (tertiary alicyclic amines) is 1. The first-order valence-electron chi connectivity index (χ1n) is 7.49. The van der Waals surface area contributed by atoms with Crippen LogP contribution in [-0.4, -0.2) is 63.3 Å². The molecule has 1 atom stereocenters. The molecule has 1 aliphatic carbocycles. The van der Waals surface area contributed by atoms with Crippen LogP contribution in [0.15, 0.2) is 0 Å². The van der Waals surface area contributed by atoms with Crippen molar-refractivity contribution in [2.24, 2.45) is 0 Å². The molecule has 1 saturated heterocycles. The van der Waals surface area contributed by atoms with E-state index in [1.165, 1.54) is 4.90 Å². The van der Waals surface area contributed by atoms with Crippen LogP contribution in [0.2, 0.25) is 0 Å². The van der Waals surface area contributed by atoms with Crippen LogP contribution >= 0.6 is 0 Å². The minimum Gasteiger partial charge on any atom is -0.479 e. The third-order valence-corrected chi connectivity index (χ3v) is 4.36. The predicted molar refractivity (Wildman–Crippen MR) is 73.4 cm³/mol. The van der Waals surface area contributed by atoms with E-state index in [4.69, 9.17) is 5.11 Å². The molecule has 1 unspecified atom stereocenters. The van der Waals surface area contributed by atoms with Gasteiger partial charge in [0.15, 0.2) is 0 Å². The first-order valence-corrected chi connectivity index (χ1v) is 7.49.